The molecule has 2 rings (SSSR count). The third kappa shape index (κ3) is 1.44. The van der Waals surface area contributed by atoms with Gasteiger partial charge in [0.1, 0.15) is 5.69 Å². The van der Waals surface area contributed by atoms with Crippen molar-refractivity contribution >= 4 is 15.9 Å². The zero-order chi connectivity index (χ0) is 10.1. The molecular weight excluding hydrogens is 248 g/mol. The van der Waals surface area contributed by atoms with Crippen LogP contribution in [-0.2, 0) is 7.05 Å². The molecule has 3 N–H and O–H groups in total. The van der Waals surface area contributed by atoms with Gasteiger partial charge in [-0.1, -0.05) is 0 Å². The quantitative estimate of drug-likeness (QED) is 0.812. The van der Waals surface area contributed by atoms with Crippen LogP contribution in [0.15, 0.2) is 16.9 Å². The molecule has 0 bridgehead atoms. The van der Waals surface area contributed by atoms with Crippen molar-refractivity contribution in [2.24, 2.45) is 12.8 Å². The lowest BCUT2D eigenvalue weighted by molar-refractivity contribution is 0.660. The van der Waals surface area contributed by atoms with Crippen LogP contribution in [0.3, 0.4) is 0 Å². The summed E-state index contributed by atoms with van der Waals surface area (Å²) in [6, 6.07) is -0.323. The summed E-state index contributed by atoms with van der Waals surface area (Å²) in [5, 5.41) is 14.2. The molecule has 0 saturated carbocycles. The van der Waals surface area contributed by atoms with E-state index in [0.29, 0.717) is 5.69 Å². The smallest absolute Gasteiger partial charge is 0.105 e. The van der Waals surface area contributed by atoms with Crippen molar-refractivity contribution in [3.8, 4) is 0 Å². The molecule has 0 aliphatic rings. The van der Waals surface area contributed by atoms with Crippen molar-refractivity contribution in [3.05, 3.63) is 28.3 Å². The summed E-state index contributed by atoms with van der Waals surface area (Å²) in [5.74, 6) is 0. The fraction of sp³-hybridized carbons (Fsp3) is 0.286. The number of hydrogen-bond donors (Lipinski definition) is 2. The third-order valence-electron chi connectivity index (χ3n) is 1.98. The number of nitrogens with one attached hydrogen (secondary N) is 1. The highest BCUT2D eigenvalue weighted by molar-refractivity contribution is 9.10. The van der Waals surface area contributed by atoms with Crippen LogP contribution in [0.4, 0.5) is 0 Å². The molecule has 0 radical (unpaired) electrons. The number of rotatable bonds is 2. The van der Waals surface area contributed by atoms with Gasteiger partial charge in [-0.2, -0.15) is 20.5 Å². The van der Waals surface area contributed by atoms with Crippen LogP contribution in [0.1, 0.15) is 17.4 Å². The number of H-pyrrole nitrogens is 1. The van der Waals surface area contributed by atoms with Gasteiger partial charge in [0.15, 0.2) is 0 Å². The van der Waals surface area contributed by atoms with Gasteiger partial charge in [0, 0.05) is 7.05 Å². The highest BCUT2D eigenvalue weighted by Gasteiger charge is 2.18. The van der Waals surface area contributed by atoms with Gasteiger partial charge in [0.25, 0.3) is 0 Å². The summed E-state index contributed by atoms with van der Waals surface area (Å²) in [6.07, 6.45) is 3.30. The van der Waals surface area contributed by atoms with Gasteiger partial charge in [-0.3, -0.25) is 4.68 Å². The lowest BCUT2D eigenvalue weighted by Gasteiger charge is -2.09. The highest BCUT2D eigenvalue weighted by atomic mass is 79.9. The van der Waals surface area contributed by atoms with Gasteiger partial charge in [-0.05, 0) is 15.9 Å². The number of aryl methyl sites for hydroxylation is 1. The summed E-state index contributed by atoms with van der Waals surface area (Å²) in [5.41, 5.74) is 7.56. The van der Waals surface area contributed by atoms with E-state index < -0.39 is 0 Å². The van der Waals surface area contributed by atoms with Gasteiger partial charge in [-0.25, -0.2) is 0 Å². The molecule has 0 saturated heterocycles. The Balaban J connectivity index is 2.41. The SMILES string of the molecule is Cn1ncc(Br)c1C(N)c1cn[nH]n1. The lowest BCUT2D eigenvalue weighted by atomic mass is 10.2. The van der Waals surface area contributed by atoms with Crippen LogP contribution in [0.25, 0.3) is 0 Å². The largest absolute Gasteiger partial charge is 0.318 e. The molecule has 0 aliphatic carbocycles. The van der Waals surface area contributed by atoms with Crippen LogP contribution >= 0.6 is 15.9 Å². The number of nitrogens with two attached hydrogens (primary N) is 1. The minimum atomic E-state index is -0.323. The molecule has 6 nitrogen and oxygen atoms in total. The van der Waals surface area contributed by atoms with Gasteiger partial charge < -0.3 is 5.73 Å². The Hall–Kier alpha value is -1.21. The van der Waals surface area contributed by atoms with Crippen LogP contribution in [0.5, 0.6) is 0 Å². The molecule has 1 atom stereocenters. The summed E-state index contributed by atoms with van der Waals surface area (Å²) in [6.45, 7) is 0. The number of aromatic amines is 1. The van der Waals surface area contributed by atoms with Crippen molar-refractivity contribution < 1.29 is 0 Å². The number of aromatic nitrogens is 5. The molecule has 1 unspecified atom stereocenters. The van der Waals surface area contributed by atoms with E-state index in [4.69, 9.17) is 5.73 Å². The zero-order valence-corrected chi connectivity index (χ0v) is 9.06. The van der Waals surface area contributed by atoms with Crippen molar-refractivity contribution in [2.45, 2.75) is 6.04 Å². The summed E-state index contributed by atoms with van der Waals surface area (Å²) in [4.78, 5) is 0. The van der Waals surface area contributed by atoms with Gasteiger partial charge in [0.2, 0.25) is 0 Å². The molecule has 14 heavy (non-hydrogen) atoms. The Labute approximate surface area is 88.6 Å². The second kappa shape index (κ2) is 3.50. The summed E-state index contributed by atoms with van der Waals surface area (Å²) >= 11 is 3.38. The average Bonchev–Trinajstić information content (AvgIpc) is 2.75. The summed E-state index contributed by atoms with van der Waals surface area (Å²) in [7, 11) is 1.83. The second-order valence-corrected chi connectivity index (χ2v) is 3.73. The van der Waals surface area contributed by atoms with E-state index in [-0.39, 0.29) is 6.04 Å². The molecule has 0 aliphatic heterocycles. The maximum Gasteiger partial charge on any atom is 0.105 e. The van der Waals surface area contributed by atoms with Crippen molar-refractivity contribution in [2.75, 3.05) is 0 Å². The third-order valence-corrected chi connectivity index (χ3v) is 2.60. The van der Waals surface area contributed by atoms with Crippen molar-refractivity contribution in [3.63, 3.8) is 0 Å². The van der Waals surface area contributed by atoms with E-state index in [1.54, 1.807) is 17.1 Å². The standard InChI is InChI=1S/C7H9BrN6/c1-14-7(4(8)2-11-14)6(9)5-3-10-13-12-5/h2-3,6H,9H2,1H3,(H,10,12,13). The number of nitrogens with zero attached hydrogens (tertiary/aromatic N) is 4. The normalized spacial score (nSPS) is 13.1. The van der Waals surface area contributed by atoms with E-state index in [2.05, 4.69) is 36.4 Å². The Morgan fingerprint density at radius 3 is 2.86 bits per heavy atom. The van der Waals surface area contributed by atoms with Crippen LogP contribution < -0.4 is 5.73 Å². The fourth-order valence-corrected chi connectivity index (χ4v) is 1.87. The molecule has 0 fully saturated rings. The Bertz CT molecular complexity index is 400. The molecule has 0 amide bonds. The van der Waals surface area contributed by atoms with E-state index in [1.807, 2.05) is 7.05 Å². The molecule has 7 heteroatoms. The first kappa shape index (κ1) is 9.35. The maximum atomic E-state index is 5.99. The first-order valence-electron chi connectivity index (χ1n) is 3.99. The van der Waals surface area contributed by atoms with E-state index >= 15 is 0 Å². The first-order chi connectivity index (χ1) is 6.70. The maximum absolute atomic E-state index is 5.99. The van der Waals surface area contributed by atoms with Gasteiger partial charge >= 0.3 is 0 Å². The van der Waals surface area contributed by atoms with E-state index in [0.717, 1.165) is 10.2 Å². The average molecular weight is 257 g/mol. The fourth-order valence-electron chi connectivity index (χ4n) is 1.27. The van der Waals surface area contributed by atoms with Crippen molar-refractivity contribution in [1.29, 1.82) is 0 Å². The van der Waals surface area contributed by atoms with Crippen LogP contribution in [-0.4, -0.2) is 25.2 Å². The molecule has 2 aromatic rings. The van der Waals surface area contributed by atoms with Crippen LogP contribution in [0.2, 0.25) is 0 Å². The summed E-state index contributed by atoms with van der Waals surface area (Å²) < 4.78 is 2.58. The Kier molecular flexibility index (Phi) is 2.34. The molecule has 74 valence electrons. The predicted molar refractivity (Wildman–Crippen MR) is 53.3 cm³/mol. The number of hydrogen-bond acceptors (Lipinski definition) is 4. The monoisotopic (exact) mass is 256 g/mol. The van der Waals surface area contributed by atoms with E-state index in [9.17, 15) is 0 Å². The minimum absolute atomic E-state index is 0.323. The number of halogens is 1. The Morgan fingerprint density at radius 1 is 1.57 bits per heavy atom. The molecule has 2 heterocycles. The van der Waals surface area contributed by atoms with E-state index in [1.165, 1.54) is 0 Å². The highest BCUT2D eigenvalue weighted by Crippen LogP contribution is 2.24. The molecule has 2 aromatic heterocycles. The van der Waals surface area contributed by atoms with Gasteiger partial charge in [-0.15, -0.1) is 0 Å². The zero-order valence-electron chi connectivity index (χ0n) is 7.48. The lowest BCUT2D eigenvalue weighted by Crippen LogP contribution is -2.16. The van der Waals surface area contributed by atoms with Gasteiger partial charge in [0.05, 0.1) is 28.6 Å². The Morgan fingerprint density at radius 2 is 2.36 bits per heavy atom. The molecular formula is C7H9BrN6. The minimum Gasteiger partial charge on any atom is -0.318 e. The van der Waals surface area contributed by atoms with Crippen LogP contribution in [0, 0.1) is 0 Å². The molecule has 0 aromatic carbocycles. The predicted octanol–water partition coefficient (Wildman–Crippen LogP) is 0.349. The topological polar surface area (TPSA) is 85.4 Å². The first-order valence-corrected chi connectivity index (χ1v) is 4.78. The molecule has 0 spiro atoms. The second-order valence-electron chi connectivity index (χ2n) is 2.87. The van der Waals surface area contributed by atoms with Crippen molar-refractivity contribution in [1.82, 2.24) is 25.2 Å².